The molecule has 0 saturated heterocycles. The molecule has 0 aliphatic heterocycles. The van der Waals surface area contributed by atoms with Crippen LogP contribution in [-0.4, -0.2) is 30.8 Å². The number of hydroxylamine groups is 1. The molecule has 0 aliphatic carbocycles. The molecule has 0 bridgehead atoms. The van der Waals surface area contributed by atoms with E-state index in [-0.39, 0.29) is 19.1 Å². The van der Waals surface area contributed by atoms with Crippen molar-refractivity contribution in [3.63, 3.8) is 0 Å². The molecule has 0 fully saturated rings. The Morgan fingerprint density at radius 2 is 1.75 bits per heavy atom. The Morgan fingerprint density at radius 3 is 2.46 bits per heavy atom. The average molecular weight is 386 g/mol. The molecule has 2 rings (SSSR count). The van der Waals surface area contributed by atoms with Crippen LogP contribution in [0.25, 0.3) is 0 Å². The standard InChI is InChI=1S/C21H26N2O5/c1-21(2,3)28-20(25)23-27-13-12-22-19(24)17-10-7-11-18(14-17)26-15-16-8-5-4-6-9-16/h4-11,14H,12-13,15H2,1-3H3,(H,22,24)(H,23,25). The third-order valence-corrected chi connectivity index (χ3v) is 3.39. The molecule has 150 valence electrons. The van der Waals surface area contributed by atoms with E-state index in [1.54, 1.807) is 45.0 Å². The number of nitrogens with one attached hydrogen (secondary N) is 2. The van der Waals surface area contributed by atoms with E-state index in [0.29, 0.717) is 17.9 Å². The Labute approximate surface area is 164 Å². The van der Waals surface area contributed by atoms with Gasteiger partial charge in [-0.05, 0) is 44.5 Å². The summed E-state index contributed by atoms with van der Waals surface area (Å²) in [5, 5.41) is 2.71. The molecule has 7 nitrogen and oxygen atoms in total. The summed E-state index contributed by atoms with van der Waals surface area (Å²) >= 11 is 0. The van der Waals surface area contributed by atoms with Crippen molar-refractivity contribution < 1.29 is 23.9 Å². The van der Waals surface area contributed by atoms with Crippen molar-refractivity contribution in [3.05, 3.63) is 65.7 Å². The first kappa shape index (κ1) is 21.2. The third-order valence-electron chi connectivity index (χ3n) is 3.39. The Kier molecular flexibility index (Phi) is 7.83. The van der Waals surface area contributed by atoms with Crippen LogP contribution in [0.15, 0.2) is 54.6 Å². The molecule has 7 heteroatoms. The molecule has 0 atom stereocenters. The Bertz CT molecular complexity index is 772. The molecule has 0 heterocycles. The molecule has 0 aromatic heterocycles. The summed E-state index contributed by atoms with van der Waals surface area (Å²) in [5.74, 6) is 0.352. The van der Waals surface area contributed by atoms with E-state index < -0.39 is 11.7 Å². The Morgan fingerprint density at radius 1 is 1.00 bits per heavy atom. The van der Waals surface area contributed by atoms with Crippen LogP contribution in [0, 0.1) is 0 Å². The highest BCUT2D eigenvalue weighted by Crippen LogP contribution is 2.15. The van der Waals surface area contributed by atoms with E-state index in [1.165, 1.54) is 0 Å². The number of benzene rings is 2. The van der Waals surface area contributed by atoms with Gasteiger partial charge in [-0.1, -0.05) is 36.4 Å². The van der Waals surface area contributed by atoms with Crippen molar-refractivity contribution in [2.75, 3.05) is 13.2 Å². The zero-order valence-electron chi connectivity index (χ0n) is 16.4. The second-order valence-electron chi connectivity index (χ2n) is 7.01. The van der Waals surface area contributed by atoms with Crippen LogP contribution in [0.4, 0.5) is 4.79 Å². The summed E-state index contributed by atoms with van der Waals surface area (Å²) in [6.07, 6.45) is -0.679. The zero-order chi connectivity index (χ0) is 20.4. The molecule has 2 amide bonds. The second-order valence-corrected chi connectivity index (χ2v) is 7.01. The molecule has 2 aromatic carbocycles. The maximum atomic E-state index is 12.2. The van der Waals surface area contributed by atoms with Gasteiger partial charge in [0.25, 0.3) is 5.91 Å². The van der Waals surface area contributed by atoms with Crippen molar-refractivity contribution in [1.29, 1.82) is 0 Å². The van der Waals surface area contributed by atoms with Crippen molar-refractivity contribution >= 4 is 12.0 Å². The largest absolute Gasteiger partial charge is 0.489 e. The summed E-state index contributed by atoms with van der Waals surface area (Å²) in [6.45, 7) is 6.02. The van der Waals surface area contributed by atoms with E-state index >= 15 is 0 Å². The molecule has 0 saturated carbocycles. The van der Waals surface area contributed by atoms with E-state index in [0.717, 1.165) is 5.56 Å². The number of amides is 2. The maximum absolute atomic E-state index is 12.2. The lowest BCUT2D eigenvalue weighted by Crippen LogP contribution is -2.35. The number of rotatable bonds is 8. The smallest absolute Gasteiger partial charge is 0.431 e. The zero-order valence-corrected chi connectivity index (χ0v) is 16.4. The van der Waals surface area contributed by atoms with Crippen molar-refractivity contribution in [3.8, 4) is 5.75 Å². The Hall–Kier alpha value is -3.06. The van der Waals surface area contributed by atoms with Crippen LogP contribution in [0.1, 0.15) is 36.7 Å². The van der Waals surface area contributed by atoms with Crippen LogP contribution in [0.5, 0.6) is 5.75 Å². The van der Waals surface area contributed by atoms with Gasteiger partial charge in [0.05, 0.1) is 6.61 Å². The molecule has 0 spiro atoms. The second kappa shape index (κ2) is 10.3. The minimum Gasteiger partial charge on any atom is -0.489 e. The molecular weight excluding hydrogens is 360 g/mol. The number of hydrogen-bond donors (Lipinski definition) is 2. The van der Waals surface area contributed by atoms with Crippen molar-refractivity contribution in [1.82, 2.24) is 10.8 Å². The highest BCUT2D eigenvalue weighted by atomic mass is 16.7. The number of carbonyl (C=O) groups excluding carboxylic acids is 2. The van der Waals surface area contributed by atoms with Crippen LogP contribution in [0.3, 0.4) is 0 Å². The normalized spacial score (nSPS) is 10.8. The fourth-order valence-electron chi connectivity index (χ4n) is 2.19. The van der Waals surface area contributed by atoms with E-state index in [1.807, 2.05) is 30.3 Å². The fourth-order valence-corrected chi connectivity index (χ4v) is 2.19. The van der Waals surface area contributed by atoms with Gasteiger partial charge in [-0.3, -0.25) is 9.63 Å². The van der Waals surface area contributed by atoms with E-state index in [2.05, 4.69) is 10.8 Å². The van der Waals surface area contributed by atoms with E-state index in [4.69, 9.17) is 14.3 Å². The first-order chi connectivity index (χ1) is 13.3. The highest BCUT2D eigenvalue weighted by molar-refractivity contribution is 5.94. The SMILES string of the molecule is CC(C)(C)OC(=O)NOCCNC(=O)c1cccc(OCc2ccccc2)c1. The molecular formula is C21H26N2O5. The lowest BCUT2D eigenvalue weighted by atomic mass is 10.2. The van der Waals surface area contributed by atoms with Gasteiger partial charge >= 0.3 is 6.09 Å². The van der Waals surface area contributed by atoms with Crippen molar-refractivity contribution in [2.45, 2.75) is 33.0 Å². The van der Waals surface area contributed by atoms with Gasteiger partial charge in [-0.15, -0.1) is 0 Å². The third kappa shape index (κ3) is 8.09. The van der Waals surface area contributed by atoms with E-state index in [9.17, 15) is 9.59 Å². The van der Waals surface area contributed by atoms with Gasteiger partial charge in [0.15, 0.2) is 0 Å². The van der Waals surface area contributed by atoms with Gasteiger partial charge in [-0.2, -0.15) is 5.48 Å². The fraction of sp³-hybridized carbons (Fsp3) is 0.333. The van der Waals surface area contributed by atoms with Crippen LogP contribution < -0.4 is 15.5 Å². The molecule has 0 aliphatic rings. The molecule has 2 N–H and O–H groups in total. The van der Waals surface area contributed by atoms with Gasteiger partial charge in [0.1, 0.15) is 18.0 Å². The summed E-state index contributed by atoms with van der Waals surface area (Å²) in [7, 11) is 0. The first-order valence-electron chi connectivity index (χ1n) is 8.99. The minimum atomic E-state index is -0.679. The van der Waals surface area contributed by atoms with Gasteiger partial charge in [-0.25, -0.2) is 4.79 Å². The summed E-state index contributed by atoms with van der Waals surface area (Å²) in [4.78, 5) is 28.6. The lowest BCUT2D eigenvalue weighted by Gasteiger charge is -2.19. The topological polar surface area (TPSA) is 85.9 Å². The number of carbonyl (C=O) groups is 2. The van der Waals surface area contributed by atoms with Crippen molar-refractivity contribution in [2.24, 2.45) is 0 Å². The minimum absolute atomic E-state index is 0.106. The van der Waals surface area contributed by atoms with Crippen LogP contribution in [-0.2, 0) is 16.2 Å². The maximum Gasteiger partial charge on any atom is 0.431 e. The Balaban J connectivity index is 1.71. The highest BCUT2D eigenvalue weighted by Gasteiger charge is 2.16. The quantitative estimate of drug-likeness (QED) is 0.536. The van der Waals surface area contributed by atoms with Gasteiger partial charge in [0, 0.05) is 12.1 Å². The van der Waals surface area contributed by atoms with Gasteiger partial charge < -0.3 is 14.8 Å². The summed E-state index contributed by atoms with van der Waals surface area (Å²) in [6, 6.07) is 16.7. The predicted octanol–water partition coefficient (Wildman–Crippen LogP) is 3.45. The summed E-state index contributed by atoms with van der Waals surface area (Å²) in [5.41, 5.74) is 3.09. The summed E-state index contributed by atoms with van der Waals surface area (Å²) < 4.78 is 10.8. The molecule has 28 heavy (non-hydrogen) atoms. The molecule has 2 aromatic rings. The average Bonchev–Trinajstić information content (AvgIpc) is 2.65. The number of ether oxygens (including phenoxy) is 2. The molecule has 0 radical (unpaired) electrons. The van der Waals surface area contributed by atoms with Gasteiger partial charge in [0.2, 0.25) is 0 Å². The van der Waals surface area contributed by atoms with Crippen LogP contribution in [0.2, 0.25) is 0 Å². The van der Waals surface area contributed by atoms with Crippen LogP contribution >= 0.6 is 0 Å². The first-order valence-corrected chi connectivity index (χ1v) is 8.99. The molecule has 0 unspecified atom stereocenters. The lowest BCUT2D eigenvalue weighted by molar-refractivity contribution is -0.00647. The number of hydrogen-bond acceptors (Lipinski definition) is 5. The monoisotopic (exact) mass is 386 g/mol. The predicted molar refractivity (Wildman–Crippen MR) is 105 cm³/mol.